The minimum absolute atomic E-state index is 0.198. The molecule has 0 aliphatic carbocycles. The van der Waals surface area contributed by atoms with Crippen LogP contribution in [0.1, 0.15) is 33.6 Å². The molecule has 0 saturated carbocycles. The summed E-state index contributed by atoms with van der Waals surface area (Å²) in [7, 11) is 1.70. The number of hydrazine groups is 1. The van der Waals surface area contributed by atoms with Crippen molar-refractivity contribution in [1.82, 2.24) is 10.4 Å². The van der Waals surface area contributed by atoms with Crippen molar-refractivity contribution in [2.45, 2.75) is 45.3 Å². The van der Waals surface area contributed by atoms with Crippen LogP contribution in [0.15, 0.2) is 0 Å². The van der Waals surface area contributed by atoms with E-state index in [4.69, 9.17) is 9.47 Å². The topological polar surface area (TPSA) is 50.8 Å². The van der Waals surface area contributed by atoms with Gasteiger partial charge in [-0.1, -0.05) is 0 Å². The van der Waals surface area contributed by atoms with Crippen molar-refractivity contribution in [3.05, 3.63) is 0 Å². The number of hydrogen-bond donors (Lipinski definition) is 1. The molecule has 1 saturated heterocycles. The highest BCUT2D eigenvalue weighted by Crippen LogP contribution is 2.11. The molecule has 1 unspecified atom stereocenters. The monoisotopic (exact) mass is 230 g/mol. The fourth-order valence-corrected chi connectivity index (χ4v) is 1.66. The minimum Gasteiger partial charge on any atom is -0.443 e. The standard InChI is InChI=1S/C11H22N2O3/c1-11(2,3)16-10(14)12-13-7-5-6-9(8-13)15-4/h9H,5-8H2,1-4H3,(H,12,14). The van der Waals surface area contributed by atoms with Crippen LogP contribution < -0.4 is 5.43 Å². The van der Waals surface area contributed by atoms with Crippen LogP contribution >= 0.6 is 0 Å². The van der Waals surface area contributed by atoms with Crippen molar-refractivity contribution in [2.24, 2.45) is 0 Å². The number of carbonyl (C=O) groups excluding carboxylic acids is 1. The first-order valence-electron chi connectivity index (χ1n) is 5.68. The normalized spacial score (nSPS) is 22.9. The van der Waals surface area contributed by atoms with Crippen LogP contribution in [-0.4, -0.2) is 43.0 Å². The maximum atomic E-state index is 11.5. The molecule has 1 atom stereocenters. The van der Waals surface area contributed by atoms with Crippen LogP contribution in [0.5, 0.6) is 0 Å². The molecule has 0 spiro atoms. The Labute approximate surface area is 97.1 Å². The second kappa shape index (κ2) is 5.50. The van der Waals surface area contributed by atoms with E-state index in [0.717, 1.165) is 25.9 Å². The lowest BCUT2D eigenvalue weighted by molar-refractivity contribution is -0.00512. The number of amides is 1. The van der Waals surface area contributed by atoms with E-state index in [0.29, 0.717) is 0 Å². The van der Waals surface area contributed by atoms with Gasteiger partial charge < -0.3 is 9.47 Å². The molecule has 0 aromatic heterocycles. The van der Waals surface area contributed by atoms with E-state index >= 15 is 0 Å². The molecule has 0 bridgehead atoms. The van der Waals surface area contributed by atoms with Gasteiger partial charge in [0.15, 0.2) is 0 Å². The van der Waals surface area contributed by atoms with Gasteiger partial charge >= 0.3 is 6.09 Å². The molecule has 0 radical (unpaired) electrons. The molecule has 94 valence electrons. The zero-order chi connectivity index (χ0) is 12.2. The van der Waals surface area contributed by atoms with Gasteiger partial charge in [0.25, 0.3) is 0 Å². The van der Waals surface area contributed by atoms with E-state index in [2.05, 4.69) is 5.43 Å². The molecular weight excluding hydrogens is 208 g/mol. The molecule has 1 fully saturated rings. The van der Waals surface area contributed by atoms with Crippen molar-refractivity contribution >= 4 is 6.09 Å². The van der Waals surface area contributed by atoms with Crippen LogP contribution in [0.4, 0.5) is 4.79 Å². The smallest absolute Gasteiger partial charge is 0.422 e. The van der Waals surface area contributed by atoms with Crippen molar-refractivity contribution in [3.63, 3.8) is 0 Å². The van der Waals surface area contributed by atoms with E-state index in [-0.39, 0.29) is 6.10 Å². The third kappa shape index (κ3) is 4.81. The van der Waals surface area contributed by atoms with Crippen molar-refractivity contribution in [1.29, 1.82) is 0 Å². The number of nitrogens with one attached hydrogen (secondary N) is 1. The van der Waals surface area contributed by atoms with E-state index in [1.807, 2.05) is 25.8 Å². The molecular formula is C11H22N2O3. The number of ether oxygens (including phenoxy) is 2. The van der Waals surface area contributed by atoms with Crippen molar-refractivity contribution in [2.75, 3.05) is 20.2 Å². The van der Waals surface area contributed by atoms with E-state index < -0.39 is 11.7 Å². The Morgan fingerprint density at radius 1 is 1.44 bits per heavy atom. The number of rotatable bonds is 2. The second-order valence-electron chi connectivity index (χ2n) is 5.06. The zero-order valence-corrected chi connectivity index (χ0v) is 10.6. The van der Waals surface area contributed by atoms with E-state index in [1.165, 1.54) is 0 Å². The SMILES string of the molecule is COC1CCCN(NC(=O)OC(C)(C)C)C1. The zero-order valence-electron chi connectivity index (χ0n) is 10.6. The van der Waals surface area contributed by atoms with Crippen LogP contribution in [0, 0.1) is 0 Å². The van der Waals surface area contributed by atoms with E-state index in [9.17, 15) is 4.79 Å². The Balaban J connectivity index is 2.33. The lowest BCUT2D eigenvalue weighted by Gasteiger charge is -2.32. The molecule has 1 rings (SSSR count). The molecule has 1 heterocycles. The van der Waals surface area contributed by atoms with Gasteiger partial charge in [-0.3, -0.25) is 5.43 Å². The van der Waals surface area contributed by atoms with Crippen LogP contribution in [0.2, 0.25) is 0 Å². The molecule has 0 aromatic carbocycles. The summed E-state index contributed by atoms with van der Waals surface area (Å²) < 4.78 is 10.4. The molecule has 5 nitrogen and oxygen atoms in total. The average molecular weight is 230 g/mol. The Hall–Kier alpha value is -0.810. The second-order valence-corrected chi connectivity index (χ2v) is 5.06. The largest absolute Gasteiger partial charge is 0.443 e. The summed E-state index contributed by atoms with van der Waals surface area (Å²) in [4.78, 5) is 11.5. The minimum atomic E-state index is -0.458. The Kier molecular flexibility index (Phi) is 4.56. The summed E-state index contributed by atoms with van der Waals surface area (Å²) >= 11 is 0. The summed E-state index contributed by atoms with van der Waals surface area (Å²) in [5, 5.41) is 1.85. The molecule has 5 heteroatoms. The summed E-state index contributed by atoms with van der Waals surface area (Å²) in [6, 6.07) is 0. The lowest BCUT2D eigenvalue weighted by atomic mass is 10.1. The molecule has 1 N–H and O–H groups in total. The first kappa shape index (κ1) is 13.3. The third-order valence-electron chi connectivity index (χ3n) is 2.36. The molecule has 1 aliphatic rings. The highest BCUT2D eigenvalue weighted by atomic mass is 16.6. The van der Waals surface area contributed by atoms with Gasteiger partial charge in [0.1, 0.15) is 5.60 Å². The van der Waals surface area contributed by atoms with Crippen molar-refractivity contribution in [3.8, 4) is 0 Å². The quantitative estimate of drug-likeness (QED) is 0.781. The number of nitrogens with zero attached hydrogens (tertiary/aromatic N) is 1. The van der Waals surface area contributed by atoms with Crippen LogP contribution in [0.3, 0.4) is 0 Å². The Morgan fingerprint density at radius 3 is 2.69 bits per heavy atom. The van der Waals surface area contributed by atoms with Gasteiger partial charge in [0.2, 0.25) is 0 Å². The first-order valence-corrected chi connectivity index (χ1v) is 5.68. The fourth-order valence-electron chi connectivity index (χ4n) is 1.66. The van der Waals surface area contributed by atoms with Crippen LogP contribution in [-0.2, 0) is 9.47 Å². The molecule has 16 heavy (non-hydrogen) atoms. The predicted molar refractivity (Wildman–Crippen MR) is 61.0 cm³/mol. The maximum absolute atomic E-state index is 11.5. The third-order valence-corrected chi connectivity index (χ3v) is 2.36. The average Bonchev–Trinajstić information content (AvgIpc) is 2.15. The van der Waals surface area contributed by atoms with Gasteiger partial charge in [0.05, 0.1) is 6.10 Å². The van der Waals surface area contributed by atoms with Crippen LogP contribution in [0.25, 0.3) is 0 Å². The molecule has 1 amide bonds. The fraction of sp³-hybridized carbons (Fsp3) is 0.909. The predicted octanol–water partition coefficient (Wildman–Crippen LogP) is 1.54. The number of piperidine rings is 1. The number of carbonyl (C=O) groups is 1. The van der Waals surface area contributed by atoms with Gasteiger partial charge in [-0.05, 0) is 33.6 Å². The summed E-state index contributed by atoms with van der Waals surface area (Å²) in [6.45, 7) is 7.11. The van der Waals surface area contributed by atoms with E-state index in [1.54, 1.807) is 7.11 Å². The molecule has 0 aromatic rings. The van der Waals surface area contributed by atoms with Gasteiger partial charge in [0, 0.05) is 20.2 Å². The highest BCUT2D eigenvalue weighted by Gasteiger charge is 2.23. The summed E-state index contributed by atoms with van der Waals surface area (Å²) in [5.41, 5.74) is 2.27. The Bertz CT molecular complexity index is 238. The number of hydrogen-bond acceptors (Lipinski definition) is 4. The summed E-state index contributed by atoms with van der Waals surface area (Å²) in [6.07, 6.45) is 1.87. The first-order chi connectivity index (χ1) is 7.40. The highest BCUT2D eigenvalue weighted by molar-refractivity contribution is 5.67. The molecule has 1 aliphatic heterocycles. The maximum Gasteiger partial charge on any atom is 0.422 e. The van der Waals surface area contributed by atoms with Gasteiger partial charge in [-0.2, -0.15) is 0 Å². The summed E-state index contributed by atoms with van der Waals surface area (Å²) in [5.74, 6) is 0. The lowest BCUT2D eigenvalue weighted by Crippen LogP contribution is -2.50. The van der Waals surface area contributed by atoms with Crippen molar-refractivity contribution < 1.29 is 14.3 Å². The van der Waals surface area contributed by atoms with Gasteiger partial charge in [-0.25, -0.2) is 9.80 Å². The van der Waals surface area contributed by atoms with Gasteiger partial charge in [-0.15, -0.1) is 0 Å². The number of methoxy groups -OCH3 is 1. The Morgan fingerprint density at radius 2 is 2.12 bits per heavy atom.